The summed E-state index contributed by atoms with van der Waals surface area (Å²) in [5.41, 5.74) is 9.74. The van der Waals surface area contributed by atoms with E-state index in [-0.39, 0.29) is 0 Å². The molecule has 1 fully saturated rings. The van der Waals surface area contributed by atoms with Crippen molar-refractivity contribution >= 4 is 23.4 Å². The van der Waals surface area contributed by atoms with Crippen molar-refractivity contribution in [1.82, 2.24) is 0 Å². The summed E-state index contributed by atoms with van der Waals surface area (Å²) in [6.07, 6.45) is 0. The molecule has 3 heteroatoms. The maximum Gasteiger partial charge on any atom is 0.495 e. The molecule has 8 rings (SSSR count). The van der Waals surface area contributed by atoms with Crippen LogP contribution in [0.1, 0.15) is 49.9 Å². The predicted octanol–water partition coefficient (Wildman–Crippen LogP) is 9.17. The topological polar surface area (TPSA) is 18.5 Å². The van der Waals surface area contributed by atoms with Gasteiger partial charge in [-0.25, -0.2) is 0 Å². The fraction of sp³-hybridized carbons (Fsp3) is 0.171. The molecule has 1 saturated heterocycles. The Kier molecular flexibility index (Phi) is 6.04. The molecule has 1 aliphatic heterocycles. The van der Waals surface area contributed by atoms with Crippen molar-refractivity contribution in [1.29, 1.82) is 0 Å². The minimum Gasteiger partial charge on any atom is -0.399 e. The molecule has 0 saturated carbocycles. The lowest BCUT2D eigenvalue weighted by Gasteiger charge is -2.34. The fourth-order valence-electron chi connectivity index (χ4n) is 7.38. The van der Waals surface area contributed by atoms with Crippen molar-refractivity contribution in [2.45, 2.75) is 44.3 Å². The van der Waals surface area contributed by atoms with Crippen LogP contribution in [0.5, 0.6) is 0 Å². The molecule has 0 radical (unpaired) electrons. The number of hydrogen-bond donors (Lipinski definition) is 0. The molecule has 0 atom stereocenters. The summed E-state index contributed by atoms with van der Waals surface area (Å²) >= 11 is 0. The maximum atomic E-state index is 6.66. The van der Waals surface area contributed by atoms with Crippen molar-refractivity contribution in [3.05, 3.63) is 162 Å². The monoisotopic (exact) mass is 570 g/mol. The van der Waals surface area contributed by atoms with Crippen LogP contribution in [0.2, 0.25) is 0 Å². The van der Waals surface area contributed by atoms with E-state index in [0.29, 0.717) is 0 Å². The zero-order chi connectivity index (χ0) is 30.1. The summed E-state index contributed by atoms with van der Waals surface area (Å²) in [6.45, 7) is 8.48. The summed E-state index contributed by atoms with van der Waals surface area (Å²) in [5.74, 6) is 0. The van der Waals surface area contributed by atoms with Crippen LogP contribution in [0.4, 0.5) is 0 Å². The Balaban J connectivity index is 1.44. The highest BCUT2D eigenvalue weighted by Crippen LogP contribution is 2.56. The highest BCUT2D eigenvalue weighted by Gasteiger charge is 2.52. The van der Waals surface area contributed by atoms with Crippen LogP contribution in [-0.2, 0) is 14.7 Å². The van der Waals surface area contributed by atoms with E-state index in [2.05, 4.69) is 167 Å². The molecule has 0 amide bonds. The van der Waals surface area contributed by atoms with Crippen LogP contribution in [0.25, 0.3) is 33.0 Å². The van der Waals surface area contributed by atoms with E-state index in [9.17, 15) is 0 Å². The zero-order valence-electron chi connectivity index (χ0n) is 25.7. The lowest BCUT2D eigenvalue weighted by molar-refractivity contribution is 0.00578. The van der Waals surface area contributed by atoms with E-state index in [1.807, 2.05) is 0 Å². The van der Waals surface area contributed by atoms with Gasteiger partial charge in [-0.15, -0.1) is 0 Å². The third-order valence-corrected chi connectivity index (χ3v) is 10.2. The maximum absolute atomic E-state index is 6.66. The van der Waals surface area contributed by atoms with Crippen molar-refractivity contribution in [3.63, 3.8) is 0 Å². The Labute approximate surface area is 260 Å². The van der Waals surface area contributed by atoms with E-state index in [4.69, 9.17) is 9.31 Å². The first kappa shape index (κ1) is 27.1. The van der Waals surface area contributed by atoms with Crippen molar-refractivity contribution < 1.29 is 9.31 Å². The second-order valence-electron chi connectivity index (χ2n) is 13.1. The molecule has 0 aromatic heterocycles. The molecule has 0 unspecified atom stereocenters. The van der Waals surface area contributed by atoms with Gasteiger partial charge in [0, 0.05) is 0 Å². The molecule has 0 N–H and O–H groups in total. The Hall–Kier alpha value is -4.44. The molecule has 214 valence electrons. The third-order valence-electron chi connectivity index (χ3n) is 10.2. The van der Waals surface area contributed by atoms with Gasteiger partial charge in [0.25, 0.3) is 0 Å². The van der Waals surface area contributed by atoms with Gasteiger partial charge in [-0.2, -0.15) is 0 Å². The van der Waals surface area contributed by atoms with E-state index in [1.165, 1.54) is 44.2 Å². The lowest BCUT2D eigenvalue weighted by atomic mass is 9.67. The van der Waals surface area contributed by atoms with E-state index < -0.39 is 23.7 Å². The average molecular weight is 571 g/mol. The number of benzene rings is 6. The molecule has 44 heavy (non-hydrogen) atoms. The van der Waals surface area contributed by atoms with Gasteiger partial charge in [-0.3, -0.25) is 0 Å². The minimum atomic E-state index is -0.474. The average Bonchev–Trinajstić information content (AvgIpc) is 3.47. The summed E-state index contributed by atoms with van der Waals surface area (Å²) in [7, 11) is -0.474. The van der Waals surface area contributed by atoms with Crippen LogP contribution in [-0.4, -0.2) is 18.3 Å². The minimum absolute atomic E-state index is 0.435. The second kappa shape index (κ2) is 9.79. The summed E-state index contributed by atoms with van der Waals surface area (Å²) < 4.78 is 13.3. The van der Waals surface area contributed by atoms with Crippen molar-refractivity contribution in [2.75, 3.05) is 0 Å². The molecule has 0 spiro atoms. The van der Waals surface area contributed by atoms with Crippen LogP contribution in [0.15, 0.2) is 140 Å². The third kappa shape index (κ3) is 3.83. The van der Waals surface area contributed by atoms with Gasteiger partial charge >= 0.3 is 7.12 Å². The first-order valence-corrected chi connectivity index (χ1v) is 15.5. The molecule has 0 bridgehead atoms. The molecule has 2 nitrogen and oxygen atoms in total. The number of fused-ring (bicyclic) bond motifs is 4. The number of rotatable bonds is 4. The van der Waals surface area contributed by atoms with Gasteiger partial charge < -0.3 is 9.31 Å². The largest absolute Gasteiger partial charge is 0.495 e. The Morgan fingerprint density at radius 2 is 1.07 bits per heavy atom. The zero-order valence-corrected chi connectivity index (χ0v) is 25.7. The van der Waals surface area contributed by atoms with Crippen LogP contribution in [0.3, 0.4) is 0 Å². The smallest absolute Gasteiger partial charge is 0.399 e. The van der Waals surface area contributed by atoms with Crippen molar-refractivity contribution in [3.8, 4) is 22.3 Å². The Morgan fingerprint density at radius 3 is 1.75 bits per heavy atom. The molecule has 1 heterocycles. The fourth-order valence-corrected chi connectivity index (χ4v) is 7.38. The lowest BCUT2D eigenvalue weighted by Crippen LogP contribution is -2.41. The summed E-state index contributed by atoms with van der Waals surface area (Å²) in [6, 6.07) is 51.0. The first-order chi connectivity index (χ1) is 21.3. The Morgan fingerprint density at radius 1 is 0.500 bits per heavy atom. The van der Waals surface area contributed by atoms with Gasteiger partial charge in [0.15, 0.2) is 0 Å². The normalized spacial score (nSPS) is 17.4. The van der Waals surface area contributed by atoms with E-state index >= 15 is 0 Å². The number of hydrogen-bond acceptors (Lipinski definition) is 2. The highest BCUT2D eigenvalue weighted by molar-refractivity contribution is 6.64. The standard InChI is InChI=1S/C41H35BO2/c1-39(2)40(3,4)44-42(43-39)37-26-24-28-15-11-12-20-32(28)38(37)29-23-25-34-33-21-13-14-22-35(33)41(36(34)27-29,30-16-7-5-8-17-30)31-18-9-6-10-19-31/h5-27H,1-4H3. The second-order valence-corrected chi connectivity index (χ2v) is 13.1. The van der Waals surface area contributed by atoms with E-state index in [1.54, 1.807) is 0 Å². The molecule has 6 aromatic carbocycles. The molecular weight excluding hydrogens is 535 g/mol. The van der Waals surface area contributed by atoms with Gasteiger partial charge in [-0.1, -0.05) is 133 Å². The Bertz CT molecular complexity index is 1970. The molecule has 1 aliphatic carbocycles. The molecule has 2 aliphatic rings. The van der Waals surface area contributed by atoms with Gasteiger partial charge in [0.05, 0.1) is 16.6 Å². The van der Waals surface area contributed by atoms with Crippen LogP contribution < -0.4 is 5.46 Å². The SMILES string of the molecule is CC1(C)OB(c2ccc3ccccc3c2-c2ccc3c(c2)C(c2ccccc2)(c2ccccc2)c2ccccc2-3)OC1(C)C. The van der Waals surface area contributed by atoms with Crippen LogP contribution in [0, 0.1) is 0 Å². The first-order valence-electron chi connectivity index (χ1n) is 15.5. The summed E-state index contributed by atoms with van der Waals surface area (Å²) in [4.78, 5) is 0. The van der Waals surface area contributed by atoms with E-state index in [0.717, 1.165) is 16.6 Å². The quantitative estimate of drug-likeness (QED) is 0.197. The predicted molar refractivity (Wildman–Crippen MR) is 182 cm³/mol. The van der Waals surface area contributed by atoms with Gasteiger partial charge in [0.1, 0.15) is 0 Å². The van der Waals surface area contributed by atoms with Crippen LogP contribution >= 0.6 is 0 Å². The summed E-state index contributed by atoms with van der Waals surface area (Å²) in [5, 5.41) is 2.39. The molecule has 6 aromatic rings. The highest BCUT2D eigenvalue weighted by atomic mass is 16.7. The van der Waals surface area contributed by atoms with Crippen molar-refractivity contribution in [2.24, 2.45) is 0 Å². The van der Waals surface area contributed by atoms with Gasteiger partial charge in [-0.05, 0) is 94.5 Å². The van der Waals surface area contributed by atoms with Gasteiger partial charge in [0.2, 0.25) is 0 Å². The molecular formula is C41H35BO2.